The summed E-state index contributed by atoms with van der Waals surface area (Å²) in [5.41, 5.74) is 0.448. The Morgan fingerprint density at radius 2 is 1.90 bits per heavy atom. The van der Waals surface area contributed by atoms with Crippen LogP contribution in [0, 0.1) is 11.3 Å². The van der Waals surface area contributed by atoms with E-state index in [9.17, 15) is 9.59 Å². The van der Waals surface area contributed by atoms with Crippen LogP contribution in [-0.4, -0.2) is 41.5 Å². The summed E-state index contributed by atoms with van der Waals surface area (Å²) in [5.74, 6) is 0.396. The Balaban J connectivity index is 1.42. The predicted octanol–water partition coefficient (Wildman–Crippen LogP) is 4.59. The van der Waals surface area contributed by atoms with E-state index in [1.165, 1.54) is 0 Å². The number of carbonyl (C=O) groups excluding carboxylic acids is 2. The SMILES string of the molecule is CC1CCN(C(=O)COC(=O)C2(Cc3nc4ccccc4s3)CCCCC2)CC1. The van der Waals surface area contributed by atoms with Crippen molar-refractivity contribution in [2.75, 3.05) is 19.7 Å². The van der Waals surface area contributed by atoms with Gasteiger partial charge in [0.1, 0.15) is 0 Å². The molecule has 0 unspecified atom stereocenters. The Morgan fingerprint density at radius 1 is 1.17 bits per heavy atom. The van der Waals surface area contributed by atoms with E-state index >= 15 is 0 Å². The summed E-state index contributed by atoms with van der Waals surface area (Å²) in [6.07, 6.45) is 7.51. The van der Waals surface area contributed by atoms with Gasteiger partial charge >= 0.3 is 5.97 Å². The third kappa shape index (κ3) is 4.63. The fourth-order valence-corrected chi connectivity index (χ4v) is 5.71. The number of hydrogen-bond acceptors (Lipinski definition) is 5. The van der Waals surface area contributed by atoms with Crippen LogP contribution in [-0.2, 0) is 20.7 Å². The molecule has 2 heterocycles. The van der Waals surface area contributed by atoms with Crippen molar-refractivity contribution < 1.29 is 14.3 Å². The molecular weight excluding hydrogens is 384 g/mol. The molecule has 156 valence electrons. The van der Waals surface area contributed by atoms with E-state index in [2.05, 4.69) is 13.0 Å². The third-order valence-corrected chi connectivity index (χ3v) is 7.57. The molecule has 2 aromatic rings. The predicted molar refractivity (Wildman–Crippen MR) is 115 cm³/mol. The van der Waals surface area contributed by atoms with Crippen LogP contribution in [0.1, 0.15) is 56.9 Å². The maximum Gasteiger partial charge on any atom is 0.313 e. The van der Waals surface area contributed by atoms with Crippen molar-refractivity contribution in [1.82, 2.24) is 9.88 Å². The molecule has 1 amide bonds. The minimum Gasteiger partial charge on any atom is -0.455 e. The molecule has 1 aromatic carbocycles. The van der Waals surface area contributed by atoms with E-state index < -0.39 is 5.41 Å². The Labute approximate surface area is 176 Å². The maximum atomic E-state index is 13.2. The lowest BCUT2D eigenvalue weighted by atomic mass is 9.72. The van der Waals surface area contributed by atoms with Gasteiger partial charge in [0.15, 0.2) is 6.61 Å². The molecule has 0 bridgehead atoms. The second-order valence-electron chi connectivity index (χ2n) is 8.73. The highest BCUT2D eigenvalue weighted by molar-refractivity contribution is 7.18. The molecule has 0 radical (unpaired) electrons. The van der Waals surface area contributed by atoms with E-state index in [0.29, 0.717) is 12.3 Å². The maximum absolute atomic E-state index is 13.2. The molecule has 4 rings (SSSR count). The third-order valence-electron chi connectivity index (χ3n) is 6.53. The second kappa shape index (κ2) is 8.82. The smallest absolute Gasteiger partial charge is 0.313 e. The zero-order valence-corrected chi connectivity index (χ0v) is 18.0. The Hall–Kier alpha value is -1.95. The molecule has 1 saturated carbocycles. The average Bonchev–Trinajstić information content (AvgIpc) is 3.15. The van der Waals surface area contributed by atoms with Gasteiger partial charge in [-0.25, -0.2) is 4.98 Å². The van der Waals surface area contributed by atoms with Gasteiger partial charge in [-0.2, -0.15) is 0 Å². The largest absolute Gasteiger partial charge is 0.455 e. The first-order valence-corrected chi connectivity index (χ1v) is 11.7. The minimum absolute atomic E-state index is 0.0591. The Kier molecular flexibility index (Phi) is 6.18. The zero-order valence-electron chi connectivity index (χ0n) is 17.2. The van der Waals surface area contributed by atoms with Gasteiger partial charge in [-0.15, -0.1) is 11.3 Å². The standard InChI is InChI=1S/C23H30N2O3S/c1-17-9-13-25(14-10-17)21(26)16-28-22(27)23(11-5-2-6-12-23)15-20-24-18-7-3-4-8-19(18)29-20/h3-4,7-8,17H,2,5-6,9-16H2,1H3. The van der Waals surface area contributed by atoms with Crippen LogP contribution in [0.3, 0.4) is 0 Å². The van der Waals surface area contributed by atoms with Gasteiger partial charge in [-0.1, -0.05) is 38.3 Å². The first-order chi connectivity index (χ1) is 14.1. The molecular formula is C23H30N2O3S. The van der Waals surface area contributed by atoms with Crippen LogP contribution < -0.4 is 0 Å². The number of para-hydroxylation sites is 1. The summed E-state index contributed by atoms with van der Waals surface area (Å²) in [6.45, 7) is 3.63. The van der Waals surface area contributed by atoms with Gasteiger partial charge < -0.3 is 9.64 Å². The van der Waals surface area contributed by atoms with Gasteiger partial charge in [0.25, 0.3) is 5.91 Å². The zero-order chi connectivity index (χ0) is 20.3. The number of fused-ring (bicyclic) bond motifs is 1. The first-order valence-electron chi connectivity index (χ1n) is 10.9. The second-order valence-corrected chi connectivity index (χ2v) is 9.85. The molecule has 1 saturated heterocycles. The lowest BCUT2D eigenvalue weighted by molar-refractivity contribution is -0.163. The summed E-state index contributed by atoms with van der Waals surface area (Å²) < 4.78 is 6.77. The van der Waals surface area contributed by atoms with Crippen LogP contribution in [0.4, 0.5) is 0 Å². The molecule has 0 N–H and O–H groups in total. The molecule has 2 aliphatic rings. The van der Waals surface area contributed by atoms with Crippen LogP contribution in [0.25, 0.3) is 10.2 Å². The highest BCUT2D eigenvalue weighted by Crippen LogP contribution is 2.41. The van der Waals surface area contributed by atoms with Crippen molar-refractivity contribution in [1.29, 1.82) is 0 Å². The summed E-state index contributed by atoms with van der Waals surface area (Å²) in [4.78, 5) is 32.3. The van der Waals surface area contributed by atoms with Crippen molar-refractivity contribution >= 4 is 33.4 Å². The normalized spacial score (nSPS) is 20.0. The van der Waals surface area contributed by atoms with Gasteiger partial charge in [-0.3, -0.25) is 9.59 Å². The number of carbonyl (C=O) groups is 2. The number of hydrogen-bond donors (Lipinski definition) is 0. The number of amides is 1. The lowest BCUT2D eigenvalue weighted by Gasteiger charge is -2.35. The van der Waals surface area contributed by atoms with Crippen LogP contribution >= 0.6 is 11.3 Å². The number of thiazole rings is 1. The molecule has 0 atom stereocenters. The van der Waals surface area contributed by atoms with Gasteiger partial charge in [0.2, 0.25) is 0 Å². The molecule has 6 heteroatoms. The number of likely N-dealkylation sites (tertiary alicyclic amines) is 1. The molecule has 2 fully saturated rings. The van der Waals surface area contributed by atoms with Crippen molar-refractivity contribution in [3.63, 3.8) is 0 Å². The topological polar surface area (TPSA) is 59.5 Å². The minimum atomic E-state index is -0.539. The summed E-state index contributed by atoms with van der Waals surface area (Å²) >= 11 is 1.66. The highest BCUT2D eigenvalue weighted by Gasteiger charge is 2.42. The molecule has 1 aliphatic carbocycles. The number of esters is 1. The molecule has 5 nitrogen and oxygen atoms in total. The number of nitrogens with zero attached hydrogens (tertiary/aromatic N) is 2. The number of piperidine rings is 1. The van der Waals surface area contributed by atoms with Gasteiger partial charge in [-0.05, 0) is 43.7 Å². The van der Waals surface area contributed by atoms with Gasteiger partial charge in [0, 0.05) is 19.5 Å². The van der Waals surface area contributed by atoms with Gasteiger partial charge in [0.05, 0.1) is 20.6 Å². The highest BCUT2D eigenvalue weighted by atomic mass is 32.1. The van der Waals surface area contributed by atoms with E-state index in [-0.39, 0.29) is 18.5 Å². The fraction of sp³-hybridized carbons (Fsp3) is 0.609. The summed E-state index contributed by atoms with van der Waals surface area (Å²) in [6, 6.07) is 8.09. The molecule has 1 aromatic heterocycles. The van der Waals surface area contributed by atoms with E-state index in [0.717, 1.165) is 73.3 Å². The van der Waals surface area contributed by atoms with E-state index in [4.69, 9.17) is 9.72 Å². The number of aromatic nitrogens is 1. The van der Waals surface area contributed by atoms with Crippen LogP contribution in [0.5, 0.6) is 0 Å². The van der Waals surface area contributed by atoms with Crippen molar-refractivity contribution in [3.05, 3.63) is 29.3 Å². The van der Waals surface area contributed by atoms with Crippen LogP contribution in [0.2, 0.25) is 0 Å². The van der Waals surface area contributed by atoms with E-state index in [1.54, 1.807) is 11.3 Å². The average molecular weight is 415 g/mol. The first kappa shape index (κ1) is 20.3. The molecule has 29 heavy (non-hydrogen) atoms. The van der Waals surface area contributed by atoms with E-state index in [1.807, 2.05) is 23.1 Å². The van der Waals surface area contributed by atoms with Crippen LogP contribution in [0.15, 0.2) is 24.3 Å². The molecule has 1 aliphatic heterocycles. The van der Waals surface area contributed by atoms with Crippen molar-refractivity contribution in [3.8, 4) is 0 Å². The van der Waals surface area contributed by atoms with Crippen molar-refractivity contribution in [2.45, 2.75) is 58.3 Å². The Morgan fingerprint density at radius 3 is 2.62 bits per heavy atom. The number of ether oxygens (including phenoxy) is 1. The number of benzene rings is 1. The van der Waals surface area contributed by atoms with Crippen molar-refractivity contribution in [2.24, 2.45) is 11.3 Å². The quantitative estimate of drug-likeness (QED) is 0.672. The molecule has 0 spiro atoms. The fourth-order valence-electron chi connectivity index (χ4n) is 4.60. The Bertz CT molecular complexity index is 831. The lowest BCUT2D eigenvalue weighted by Crippen LogP contribution is -2.42. The summed E-state index contributed by atoms with van der Waals surface area (Å²) in [5, 5.41) is 0.987. The monoisotopic (exact) mass is 414 g/mol. The summed E-state index contributed by atoms with van der Waals surface area (Å²) in [7, 11) is 0. The number of rotatable bonds is 5.